The maximum absolute atomic E-state index is 15.2. The molecular weight excluding hydrogens is 482 g/mol. The van der Waals surface area contributed by atoms with Crippen molar-refractivity contribution in [3.8, 4) is 33.4 Å². The highest BCUT2D eigenvalue weighted by atomic mass is 19.2. The number of hydrogen-bond donors (Lipinski definition) is 0. The molecule has 204 valence electrons. The SMILES string of the molecule is CCCCCCCCc1ccc(-c2ccc(-c3ccc(-c4ccc(CCCCC)cc4)c(F)c3F)cc2)cc1. The highest BCUT2D eigenvalue weighted by molar-refractivity contribution is 5.74. The predicted molar refractivity (Wildman–Crippen MR) is 163 cm³/mol. The van der Waals surface area contributed by atoms with Crippen LogP contribution in [0.5, 0.6) is 0 Å². The summed E-state index contributed by atoms with van der Waals surface area (Å²) >= 11 is 0. The van der Waals surface area contributed by atoms with Crippen LogP contribution in [0.25, 0.3) is 33.4 Å². The van der Waals surface area contributed by atoms with Gasteiger partial charge in [-0.15, -0.1) is 0 Å². The molecule has 0 aliphatic carbocycles. The maximum Gasteiger partial charge on any atom is 0.167 e. The van der Waals surface area contributed by atoms with E-state index in [9.17, 15) is 0 Å². The van der Waals surface area contributed by atoms with Crippen molar-refractivity contribution in [1.82, 2.24) is 0 Å². The summed E-state index contributed by atoms with van der Waals surface area (Å²) in [5, 5.41) is 0. The third-order valence-electron chi connectivity index (χ3n) is 7.72. The lowest BCUT2D eigenvalue weighted by Gasteiger charge is -2.11. The Morgan fingerprint density at radius 2 is 0.718 bits per heavy atom. The molecule has 4 aromatic carbocycles. The van der Waals surface area contributed by atoms with Crippen LogP contribution in [0.4, 0.5) is 8.78 Å². The summed E-state index contributed by atoms with van der Waals surface area (Å²) in [5.41, 5.74) is 6.77. The van der Waals surface area contributed by atoms with E-state index < -0.39 is 11.6 Å². The highest BCUT2D eigenvalue weighted by Crippen LogP contribution is 2.33. The molecule has 0 saturated heterocycles. The predicted octanol–water partition coefficient (Wildman–Crippen LogP) is 11.6. The van der Waals surface area contributed by atoms with Crippen LogP contribution in [-0.2, 0) is 12.8 Å². The molecule has 0 amide bonds. The van der Waals surface area contributed by atoms with Crippen molar-refractivity contribution < 1.29 is 8.78 Å². The number of hydrogen-bond acceptors (Lipinski definition) is 0. The molecule has 0 N–H and O–H groups in total. The van der Waals surface area contributed by atoms with E-state index in [1.165, 1.54) is 62.5 Å². The van der Waals surface area contributed by atoms with Crippen LogP contribution in [0.1, 0.15) is 82.8 Å². The summed E-state index contributed by atoms with van der Waals surface area (Å²) in [6, 6.07) is 27.7. The van der Waals surface area contributed by atoms with E-state index in [0.717, 1.165) is 30.4 Å². The fourth-order valence-electron chi connectivity index (χ4n) is 5.24. The van der Waals surface area contributed by atoms with E-state index in [4.69, 9.17) is 0 Å². The van der Waals surface area contributed by atoms with Crippen molar-refractivity contribution in [3.05, 3.63) is 108 Å². The number of unbranched alkanes of at least 4 members (excludes halogenated alkanes) is 7. The molecule has 0 radical (unpaired) electrons. The van der Waals surface area contributed by atoms with Crippen molar-refractivity contribution in [2.45, 2.75) is 84.5 Å². The van der Waals surface area contributed by atoms with Gasteiger partial charge >= 0.3 is 0 Å². The second kappa shape index (κ2) is 14.8. The molecule has 0 saturated carbocycles. The summed E-state index contributed by atoms with van der Waals surface area (Å²) in [6.07, 6.45) is 13.5. The van der Waals surface area contributed by atoms with Crippen molar-refractivity contribution in [2.75, 3.05) is 0 Å². The van der Waals surface area contributed by atoms with Crippen LogP contribution < -0.4 is 0 Å². The highest BCUT2D eigenvalue weighted by Gasteiger charge is 2.16. The van der Waals surface area contributed by atoms with Gasteiger partial charge in [-0.05, 0) is 59.1 Å². The average Bonchev–Trinajstić information content (AvgIpc) is 2.97. The van der Waals surface area contributed by atoms with E-state index in [-0.39, 0.29) is 5.56 Å². The second-order valence-electron chi connectivity index (χ2n) is 10.7. The van der Waals surface area contributed by atoms with Crippen molar-refractivity contribution in [1.29, 1.82) is 0 Å². The molecule has 4 rings (SSSR count). The summed E-state index contributed by atoms with van der Waals surface area (Å²) in [6.45, 7) is 4.44. The van der Waals surface area contributed by atoms with E-state index in [0.29, 0.717) is 16.7 Å². The Balaban J connectivity index is 1.40. The first-order chi connectivity index (χ1) is 19.1. The zero-order valence-electron chi connectivity index (χ0n) is 23.6. The van der Waals surface area contributed by atoms with Gasteiger partial charge in [-0.2, -0.15) is 0 Å². The molecule has 0 fully saturated rings. The molecule has 39 heavy (non-hydrogen) atoms. The molecular formula is C37H42F2. The summed E-state index contributed by atoms with van der Waals surface area (Å²) < 4.78 is 30.4. The summed E-state index contributed by atoms with van der Waals surface area (Å²) in [7, 11) is 0. The molecule has 0 aromatic heterocycles. The van der Waals surface area contributed by atoms with Crippen LogP contribution >= 0.6 is 0 Å². The van der Waals surface area contributed by atoms with Gasteiger partial charge in [0.15, 0.2) is 11.6 Å². The van der Waals surface area contributed by atoms with Gasteiger partial charge in [-0.1, -0.05) is 144 Å². The molecule has 0 atom stereocenters. The van der Waals surface area contributed by atoms with Crippen molar-refractivity contribution in [3.63, 3.8) is 0 Å². The zero-order valence-corrected chi connectivity index (χ0v) is 23.6. The van der Waals surface area contributed by atoms with E-state index in [2.05, 4.69) is 38.1 Å². The summed E-state index contributed by atoms with van der Waals surface area (Å²) in [4.78, 5) is 0. The molecule has 0 unspecified atom stereocenters. The minimum absolute atomic E-state index is 0.285. The van der Waals surface area contributed by atoms with E-state index in [1.807, 2.05) is 48.5 Å². The maximum atomic E-state index is 15.2. The van der Waals surface area contributed by atoms with Crippen LogP contribution in [0.3, 0.4) is 0 Å². The fourth-order valence-corrected chi connectivity index (χ4v) is 5.24. The van der Waals surface area contributed by atoms with Gasteiger partial charge in [0.1, 0.15) is 0 Å². The van der Waals surface area contributed by atoms with E-state index in [1.54, 1.807) is 12.1 Å². The van der Waals surface area contributed by atoms with Crippen molar-refractivity contribution >= 4 is 0 Å². The lowest BCUT2D eigenvalue weighted by molar-refractivity contribution is 0.514. The van der Waals surface area contributed by atoms with Gasteiger partial charge in [0, 0.05) is 11.1 Å². The number of benzene rings is 4. The zero-order chi connectivity index (χ0) is 27.5. The topological polar surface area (TPSA) is 0 Å². The number of rotatable bonds is 14. The summed E-state index contributed by atoms with van der Waals surface area (Å²) in [5.74, 6) is -1.59. The third-order valence-corrected chi connectivity index (χ3v) is 7.72. The third kappa shape index (κ3) is 7.88. The molecule has 4 aromatic rings. The first-order valence-corrected chi connectivity index (χ1v) is 14.9. The monoisotopic (exact) mass is 524 g/mol. The smallest absolute Gasteiger partial charge is 0.167 e. The molecule has 0 aliphatic rings. The van der Waals surface area contributed by atoms with Gasteiger partial charge in [0.05, 0.1) is 0 Å². The van der Waals surface area contributed by atoms with Gasteiger partial charge in [-0.3, -0.25) is 0 Å². The Morgan fingerprint density at radius 3 is 1.21 bits per heavy atom. The van der Waals surface area contributed by atoms with Crippen LogP contribution in [0.15, 0.2) is 84.9 Å². The standard InChI is InChI=1S/C37H42F2/c1-3-5-7-8-9-11-13-29-14-18-30(19-15-29)31-22-24-33(25-23-31)35-27-26-34(36(38)37(35)39)32-20-16-28(17-21-32)12-10-6-4-2/h14-27H,3-13H2,1-2H3. The van der Waals surface area contributed by atoms with E-state index >= 15 is 8.78 Å². The minimum Gasteiger partial charge on any atom is -0.203 e. The first-order valence-electron chi connectivity index (χ1n) is 14.9. The van der Waals surface area contributed by atoms with Gasteiger partial charge in [0.2, 0.25) is 0 Å². The Labute approximate surface area is 234 Å². The molecule has 0 heterocycles. The molecule has 2 heteroatoms. The molecule has 0 spiro atoms. The largest absolute Gasteiger partial charge is 0.203 e. The Kier molecular flexibility index (Phi) is 10.9. The van der Waals surface area contributed by atoms with Gasteiger partial charge in [-0.25, -0.2) is 8.78 Å². The molecule has 0 nitrogen and oxygen atoms in total. The number of halogens is 2. The first kappa shape index (κ1) is 28.7. The van der Waals surface area contributed by atoms with Crippen LogP contribution in [0.2, 0.25) is 0 Å². The average molecular weight is 525 g/mol. The lowest BCUT2D eigenvalue weighted by Crippen LogP contribution is -1.94. The molecule has 0 aliphatic heterocycles. The number of aryl methyl sites for hydroxylation is 2. The normalized spacial score (nSPS) is 11.2. The Hall–Kier alpha value is -3.26. The van der Waals surface area contributed by atoms with Crippen molar-refractivity contribution in [2.24, 2.45) is 0 Å². The van der Waals surface area contributed by atoms with Crippen LogP contribution in [-0.4, -0.2) is 0 Å². The second-order valence-corrected chi connectivity index (χ2v) is 10.7. The Morgan fingerprint density at radius 1 is 0.385 bits per heavy atom. The van der Waals surface area contributed by atoms with Gasteiger partial charge in [0.25, 0.3) is 0 Å². The minimum atomic E-state index is -0.800. The van der Waals surface area contributed by atoms with Crippen LogP contribution in [0, 0.1) is 11.6 Å². The fraction of sp³-hybridized carbons (Fsp3) is 0.351. The van der Waals surface area contributed by atoms with Gasteiger partial charge < -0.3 is 0 Å². The molecule has 0 bridgehead atoms. The lowest BCUT2D eigenvalue weighted by atomic mass is 9.96. The quantitative estimate of drug-likeness (QED) is 0.144. The Bertz CT molecular complexity index is 1290.